The van der Waals surface area contributed by atoms with E-state index in [2.05, 4.69) is 10.3 Å². The van der Waals surface area contributed by atoms with E-state index in [1.165, 1.54) is 12.1 Å². The van der Waals surface area contributed by atoms with Crippen LogP contribution in [0.1, 0.15) is 33.0 Å². The largest absolute Gasteiger partial charge is 0.350 e. The normalized spacial score (nSPS) is 10.7. The molecule has 0 atom stereocenters. The van der Waals surface area contributed by atoms with Crippen molar-refractivity contribution in [3.8, 4) is 0 Å². The minimum Gasteiger partial charge on any atom is -0.350 e. The summed E-state index contributed by atoms with van der Waals surface area (Å²) in [5.41, 5.74) is 4.27. The first-order chi connectivity index (χ1) is 12.5. The van der Waals surface area contributed by atoms with Gasteiger partial charge >= 0.3 is 0 Å². The topological polar surface area (TPSA) is 46.9 Å². The SMILES string of the molecule is Cc1cc(C)n(Cc2cccc(F)c2)c1C(=O)NCCc1ccccn1. The number of pyridine rings is 1. The molecule has 2 aromatic heterocycles. The zero-order chi connectivity index (χ0) is 18.5. The van der Waals surface area contributed by atoms with Crippen LogP contribution in [-0.2, 0) is 13.0 Å². The summed E-state index contributed by atoms with van der Waals surface area (Å²) < 4.78 is 15.4. The van der Waals surface area contributed by atoms with Gasteiger partial charge in [0.1, 0.15) is 11.5 Å². The molecule has 0 radical (unpaired) electrons. The van der Waals surface area contributed by atoms with Crippen molar-refractivity contribution in [2.45, 2.75) is 26.8 Å². The Morgan fingerprint density at radius 2 is 2.00 bits per heavy atom. The average molecular weight is 351 g/mol. The standard InChI is InChI=1S/C21H22FN3O/c1-15-12-16(2)25(14-17-6-5-7-18(22)13-17)20(15)21(26)24-11-9-19-8-3-4-10-23-19/h3-8,10,12-13H,9,11,14H2,1-2H3,(H,24,26). The van der Waals surface area contributed by atoms with Gasteiger partial charge in [0, 0.05) is 37.1 Å². The fourth-order valence-electron chi connectivity index (χ4n) is 3.11. The van der Waals surface area contributed by atoms with Crippen LogP contribution >= 0.6 is 0 Å². The monoisotopic (exact) mass is 351 g/mol. The Hall–Kier alpha value is -2.95. The third-order valence-electron chi connectivity index (χ3n) is 4.33. The predicted octanol–water partition coefficient (Wildman–Crippen LogP) is 3.66. The molecule has 1 amide bonds. The van der Waals surface area contributed by atoms with Gasteiger partial charge in [-0.1, -0.05) is 18.2 Å². The van der Waals surface area contributed by atoms with Gasteiger partial charge in [0.2, 0.25) is 0 Å². The lowest BCUT2D eigenvalue weighted by molar-refractivity contribution is 0.0944. The molecular formula is C21H22FN3O. The Kier molecular flexibility index (Phi) is 5.46. The maximum Gasteiger partial charge on any atom is 0.268 e. The van der Waals surface area contributed by atoms with E-state index in [1.807, 2.05) is 48.7 Å². The molecule has 0 spiro atoms. The van der Waals surface area contributed by atoms with E-state index >= 15 is 0 Å². The smallest absolute Gasteiger partial charge is 0.268 e. The quantitative estimate of drug-likeness (QED) is 0.737. The molecule has 134 valence electrons. The van der Waals surface area contributed by atoms with Crippen LogP contribution in [0.15, 0.2) is 54.7 Å². The predicted molar refractivity (Wildman–Crippen MR) is 99.7 cm³/mol. The minimum absolute atomic E-state index is 0.122. The van der Waals surface area contributed by atoms with Gasteiger partial charge in [0.05, 0.1) is 0 Å². The minimum atomic E-state index is -0.273. The number of carbonyl (C=O) groups excluding carboxylic acids is 1. The first kappa shape index (κ1) is 17.9. The molecule has 4 nitrogen and oxygen atoms in total. The van der Waals surface area contributed by atoms with E-state index in [0.29, 0.717) is 25.2 Å². The molecule has 1 aromatic carbocycles. The average Bonchev–Trinajstić information content (AvgIpc) is 2.89. The summed E-state index contributed by atoms with van der Waals surface area (Å²) in [7, 11) is 0. The maximum absolute atomic E-state index is 13.5. The van der Waals surface area contributed by atoms with Gasteiger partial charge in [-0.15, -0.1) is 0 Å². The highest BCUT2D eigenvalue weighted by atomic mass is 19.1. The summed E-state index contributed by atoms with van der Waals surface area (Å²) in [6.45, 7) is 4.85. The van der Waals surface area contributed by atoms with Crippen molar-refractivity contribution in [1.29, 1.82) is 0 Å². The molecule has 2 heterocycles. The number of hydrogen-bond donors (Lipinski definition) is 1. The number of aromatic nitrogens is 2. The van der Waals surface area contributed by atoms with Gasteiger partial charge < -0.3 is 9.88 Å². The Balaban J connectivity index is 1.73. The highest BCUT2D eigenvalue weighted by Crippen LogP contribution is 2.18. The molecule has 0 aliphatic carbocycles. The number of carbonyl (C=O) groups is 1. The molecule has 0 aliphatic heterocycles. The van der Waals surface area contributed by atoms with E-state index in [1.54, 1.807) is 12.3 Å². The number of halogens is 1. The first-order valence-corrected chi connectivity index (χ1v) is 8.64. The summed E-state index contributed by atoms with van der Waals surface area (Å²) in [6.07, 6.45) is 2.42. The second kappa shape index (κ2) is 7.95. The second-order valence-corrected chi connectivity index (χ2v) is 6.36. The lowest BCUT2D eigenvalue weighted by Crippen LogP contribution is -2.29. The van der Waals surface area contributed by atoms with Crippen LogP contribution in [0.3, 0.4) is 0 Å². The number of nitrogens with one attached hydrogen (secondary N) is 1. The van der Waals surface area contributed by atoms with Gasteiger partial charge in [-0.05, 0) is 55.3 Å². The van der Waals surface area contributed by atoms with Crippen LogP contribution in [0, 0.1) is 19.7 Å². The van der Waals surface area contributed by atoms with Crippen molar-refractivity contribution in [2.24, 2.45) is 0 Å². The number of amides is 1. The number of aryl methyl sites for hydroxylation is 2. The van der Waals surface area contributed by atoms with Crippen LogP contribution in [0.25, 0.3) is 0 Å². The molecule has 5 heteroatoms. The van der Waals surface area contributed by atoms with Crippen LogP contribution in [0.5, 0.6) is 0 Å². The van der Waals surface area contributed by atoms with Gasteiger partial charge in [-0.3, -0.25) is 9.78 Å². The molecule has 0 saturated heterocycles. The Bertz CT molecular complexity index is 903. The number of benzene rings is 1. The van der Waals surface area contributed by atoms with E-state index in [4.69, 9.17) is 0 Å². The molecule has 0 bridgehead atoms. The van der Waals surface area contributed by atoms with Crippen LogP contribution in [0.4, 0.5) is 4.39 Å². The molecule has 0 saturated carbocycles. The van der Waals surface area contributed by atoms with Crippen molar-refractivity contribution in [2.75, 3.05) is 6.54 Å². The van der Waals surface area contributed by atoms with Gasteiger partial charge in [-0.2, -0.15) is 0 Å². The molecule has 3 aromatic rings. The molecule has 3 rings (SSSR count). The molecular weight excluding hydrogens is 329 g/mol. The van der Waals surface area contributed by atoms with Crippen molar-refractivity contribution in [1.82, 2.24) is 14.9 Å². The van der Waals surface area contributed by atoms with Crippen molar-refractivity contribution in [3.63, 3.8) is 0 Å². The second-order valence-electron chi connectivity index (χ2n) is 6.36. The van der Waals surface area contributed by atoms with E-state index in [0.717, 1.165) is 22.5 Å². The summed E-state index contributed by atoms with van der Waals surface area (Å²) in [4.78, 5) is 17.0. The molecule has 0 fully saturated rings. The Morgan fingerprint density at radius 3 is 2.73 bits per heavy atom. The highest BCUT2D eigenvalue weighted by Gasteiger charge is 2.17. The molecule has 26 heavy (non-hydrogen) atoms. The number of nitrogens with zero attached hydrogens (tertiary/aromatic N) is 2. The van der Waals surface area contributed by atoms with Gasteiger partial charge in [0.25, 0.3) is 5.91 Å². The van der Waals surface area contributed by atoms with Gasteiger partial charge in [0.15, 0.2) is 0 Å². The highest BCUT2D eigenvalue weighted by molar-refractivity contribution is 5.94. The summed E-state index contributed by atoms with van der Waals surface area (Å²) in [5.74, 6) is -0.395. The first-order valence-electron chi connectivity index (χ1n) is 8.64. The molecule has 0 unspecified atom stereocenters. The summed E-state index contributed by atoms with van der Waals surface area (Å²) >= 11 is 0. The third kappa shape index (κ3) is 4.17. The van der Waals surface area contributed by atoms with Crippen LogP contribution in [0.2, 0.25) is 0 Å². The van der Waals surface area contributed by atoms with Crippen LogP contribution < -0.4 is 5.32 Å². The fourth-order valence-corrected chi connectivity index (χ4v) is 3.11. The van der Waals surface area contributed by atoms with Gasteiger partial charge in [-0.25, -0.2) is 4.39 Å². The number of rotatable bonds is 6. The van der Waals surface area contributed by atoms with Crippen molar-refractivity contribution in [3.05, 3.63) is 88.8 Å². The van der Waals surface area contributed by atoms with E-state index in [9.17, 15) is 9.18 Å². The van der Waals surface area contributed by atoms with Crippen LogP contribution in [-0.4, -0.2) is 22.0 Å². The zero-order valence-electron chi connectivity index (χ0n) is 15.0. The van der Waals surface area contributed by atoms with E-state index < -0.39 is 0 Å². The Labute approximate surface area is 152 Å². The van der Waals surface area contributed by atoms with E-state index in [-0.39, 0.29) is 11.7 Å². The number of hydrogen-bond acceptors (Lipinski definition) is 2. The van der Waals surface area contributed by atoms with Crippen molar-refractivity contribution < 1.29 is 9.18 Å². The maximum atomic E-state index is 13.5. The van der Waals surface area contributed by atoms with Crippen molar-refractivity contribution >= 4 is 5.91 Å². The summed E-state index contributed by atoms with van der Waals surface area (Å²) in [6, 6.07) is 14.2. The summed E-state index contributed by atoms with van der Waals surface area (Å²) in [5, 5.41) is 2.97. The lowest BCUT2D eigenvalue weighted by Gasteiger charge is -2.13. The Morgan fingerprint density at radius 1 is 1.15 bits per heavy atom. The zero-order valence-corrected chi connectivity index (χ0v) is 15.0. The third-order valence-corrected chi connectivity index (χ3v) is 4.33. The molecule has 1 N–H and O–H groups in total. The molecule has 0 aliphatic rings. The lowest BCUT2D eigenvalue weighted by atomic mass is 10.2. The fraction of sp³-hybridized carbons (Fsp3) is 0.238.